The van der Waals surface area contributed by atoms with Crippen molar-refractivity contribution in [2.24, 2.45) is 5.10 Å². The van der Waals surface area contributed by atoms with Crippen molar-refractivity contribution < 1.29 is 13.2 Å². The van der Waals surface area contributed by atoms with Gasteiger partial charge in [-0.15, -0.1) is 11.3 Å². The highest BCUT2D eigenvalue weighted by Gasteiger charge is 2.11. The third-order valence-corrected chi connectivity index (χ3v) is 2.92. The number of benzene rings is 1. The normalized spacial score (nSPS) is 11.1. The Morgan fingerprint density at radius 1 is 1.28 bits per heavy atom. The van der Waals surface area contributed by atoms with Crippen molar-refractivity contribution in [3.63, 3.8) is 0 Å². The Hall–Kier alpha value is -1.89. The Bertz CT molecular complexity index is 595. The summed E-state index contributed by atoms with van der Waals surface area (Å²) in [6.07, 6.45) is 0.879. The van der Waals surface area contributed by atoms with Crippen LogP contribution >= 0.6 is 11.3 Å². The molecule has 0 bridgehead atoms. The van der Waals surface area contributed by atoms with Crippen LogP contribution in [0.2, 0.25) is 0 Å². The SMILES string of the molecule is Cc1csc(NN=Cc2c(F)ccc(F)c2F)n1. The third kappa shape index (κ3) is 2.67. The molecule has 0 aliphatic heterocycles. The van der Waals surface area contributed by atoms with E-state index in [-0.39, 0.29) is 0 Å². The summed E-state index contributed by atoms with van der Waals surface area (Å²) in [6.45, 7) is 1.80. The van der Waals surface area contributed by atoms with Crippen molar-refractivity contribution >= 4 is 22.7 Å². The number of hydrogen-bond donors (Lipinski definition) is 1. The molecule has 2 rings (SSSR count). The zero-order chi connectivity index (χ0) is 13.1. The molecule has 18 heavy (non-hydrogen) atoms. The van der Waals surface area contributed by atoms with Gasteiger partial charge in [-0.05, 0) is 19.1 Å². The first-order valence-electron chi connectivity index (χ1n) is 4.92. The summed E-state index contributed by atoms with van der Waals surface area (Å²) in [5.41, 5.74) is 2.78. The molecule has 1 heterocycles. The molecule has 7 heteroatoms. The molecule has 3 nitrogen and oxygen atoms in total. The van der Waals surface area contributed by atoms with Gasteiger partial charge in [-0.1, -0.05) is 0 Å². The fourth-order valence-electron chi connectivity index (χ4n) is 1.22. The van der Waals surface area contributed by atoms with Crippen LogP contribution in [-0.4, -0.2) is 11.2 Å². The highest BCUT2D eigenvalue weighted by atomic mass is 32.1. The standard InChI is InChI=1S/C11H8F3N3S/c1-6-5-18-11(16-6)17-15-4-7-8(12)2-3-9(13)10(7)14/h2-5H,1H3,(H,16,17). The maximum Gasteiger partial charge on any atom is 0.203 e. The Labute approximate surface area is 105 Å². The van der Waals surface area contributed by atoms with Gasteiger partial charge in [0.1, 0.15) is 5.82 Å². The quantitative estimate of drug-likeness (QED) is 0.528. The Balaban J connectivity index is 2.16. The smallest absolute Gasteiger partial charge is 0.203 e. The Kier molecular flexibility index (Phi) is 3.61. The summed E-state index contributed by atoms with van der Waals surface area (Å²) in [6, 6.07) is 1.56. The minimum Gasteiger partial charge on any atom is -0.253 e. The number of halogens is 3. The van der Waals surface area contributed by atoms with Gasteiger partial charge < -0.3 is 0 Å². The van der Waals surface area contributed by atoms with E-state index in [9.17, 15) is 13.2 Å². The number of thiazole rings is 1. The van der Waals surface area contributed by atoms with Crippen LogP contribution in [0, 0.1) is 24.4 Å². The molecule has 1 aromatic carbocycles. The molecule has 0 saturated carbocycles. The van der Waals surface area contributed by atoms with Crippen LogP contribution in [0.3, 0.4) is 0 Å². The molecule has 0 saturated heterocycles. The monoisotopic (exact) mass is 271 g/mol. The molecule has 1 aromatic heterocycles. The van der Waals surface area contributed by atoms with Crippen LogP contribution in [0.5, 0.6) is 0 Å². The topological polar surface area (TPSA) is 37.3 Å². The van der Waals surface area contributed by atoms with E-state index < -0.39 is 23.0 Å². The lowest BCUT2D eigenvalue weighted by Gasteiger charge is -1.99. The van der Waals surface area contributed by atoms with Gasteiger partial charge in [0.25, 0.3) is 0 Å². The number of aryl methyl sites for hydroxylation is 1. The van der Waals surface area contributed by atoms with Gasteiger partial charge in [0.2, 0.25) is 5.13 Å². The predicted octanol–water partition coefficient (Wildman–Crippen LogP) is 3.31. The molecule has 0 radical (unpaired) electrons. The average molecular weight is 271 g/mol. The van der Waals surface area contributed by atoms with E-state index >= 15 is 0 Å². The van der Waals surface area contributed by atoms with Crippen molar-refractivity contribution in [1.82, 2.24) is 4.98 Å². The molecule has 1 N–H and O–H groups in total. The Morgan fingerprint density at radius 3 is 2.67 bits per heavy atom. The molecule has 0 amide bonds. The van der Waals surface area contributed by atoms with Gasteiger partial charge >= 0.3 is 0 Å². The van der Waals surface area contributed by atoms with E-state index in [1.54, 1.807) is 12.3 Å². The second-order valence-corrected chi connectivity index (χ2v) is 4.28. The molecule has 94 valence electrons. The molecule has 0 fully saturated rings. The fourth-order valence-corrected chi connectivity index (χ4v) is 1.86. The van der Waals surface area contributed by atoms with Crippen LogP contribution in [0.4, 0.5) is 18.3 Å². The first-order chi connectivity index (χ1) is 8.58. The van der Waals surface area contributed by atoms with Gasteiger partial charge in [0, 0.05) is 5.38 Å². The molecular weight excluding hydrogens is 263 g/mol. The van der Waals surface area contributed by atoms with Crippen molar-refractivity contribution in [2.45, 2.75) is 6.92 Å². The second-order valence-electron chi connectivity index (χ2n) is 3.42. The van der Waals surface area contributed by atoms with E-state index in [0.29, 0.717) is 5.13 Å². The summed E-state index contributed by atoms with van der Waals surface area (Å²) in [4.78, 5) is 4.04. The van der Waals surface area contributed by atoms with Crippen LogP contribution in [-0.2, 0) is 0 Å². The summed E-state index contributed by atoms with van der Waals surface area (Å²) >= 11 is 1.30. The number of rotatable bonds is 3. The molecule has 0 aliphatic rings. The van der Waals surface area contributed by atoms with Crippen LogP contribution in [0.25, 0.3) is 0 Å². The largest absolute Gasteiger partial charge is 0.253 e. The summed E-state index contributed by atoms with van der Waals surface area (Å²) in [5.74, 6) is -3.27. The molecule has 0 spiro atoms. The molecule has 0 atom stereocenters. The predicted molar refractivity (Wildman–Crippen MR) is 64.4 cm³/mol. The lowest BCUT2D eigenvalue weighted by atomic mass is 10.2. The second kappa shape index (κ2) is 5.18. The summed E-state index contributed by atoms with van der Waals surface area (Å²) in [7, 11) is 0. The minimum atomic E-state index is -1.27. The van der Waals surface area contributed by atoms with Gasteiger partial charge in [0.15, 0.2) is 11.6 Å². The first-order valence-corrected chi connectivity index (χ1v) is 5.80. The number of nitrogens with one attached hydrogen (secondary N) is 1. The van der Waals surface area contributed by atoms with Crippen LogP contribution < -0.4 is 5.43 Å². The minimum absolute atomic E-state index is 0.487. The lowest BCUT2D eigenvalue weighted by molar-refractivity contribution is 0.493. The van der Waals surface area contributed by atoms with Crippen molar-refractivity contribution in [3.05, 3.63) is 46.2 Å². The maximum atomic E-state index is 13.2. The highest BCUT2D eigenvalue weighted by molar-refractivity contribution is 7.13. The van der Waals surface area contributed by atoms with E-state index in [1.807, 2.05) is 0 Å². The number of nitrogens with zero attached hydrogens (tertiary/aromatic N) is 2. The molecular formula is C11H8F3N3S. The summed E-state index contributed by atoms with van der Waals surface area (Å²) in [5, 5.41) is 5.89. The van der Waals surface area contributed by atoms with Crippen molar-refractivity contribution in [1.29, 1.82) is 0 Å². The number of anilines is 1. The number of hydrazone groups is 1. The molecule has 0 aliphatic carbocycles. The lowest BCUT2D eigenvalue weighted by Crippen LogP contribution is -1.99. The zero-order valence-electron chi connectivity index (χ0n) is 9.25. The van der Waals surface area contributed by atoms with E-state index in [0.717, 1.165) is 24.0 Å². The van der Waals surface area contributed by atoms with Crippen molar-refractivity contribution in [3.8, 4) is 0 Å². The zero-order valence-corrected chi connectivity index (χ0v) is 10.1. The third-order valence-electron chi connectivity index (χ3n) is 2.05. The molecule has 0 unspecified atom stereocenters. The van der Waals surface area contributed by atoms with E-state index in [2.05, 4.69) is 15.5 Å². The van der Waals surface area contributed by atoms with E-state index in [4.69, 9.17) is 0 Å². The van der Waals surface area contributed by atoms with Crippen molar-refractivity contribution in [2.75, 3.05) is 5.43 Å². The van der Waals surface area contributed by atoms with Gasteiger partial charge in [-0.25, -0.2) is 18.2 Å². The van der Waals surface area contributed by atoms with E-state index in [1.165, 1.54) is 11.3 Å². The molecule has 2 aromatic rings. The first kappa shape index (κ1) is 12.6. The van der Waals surface area contributed by atoms with Crippen LogP contribution in [0.1, 0.15) is 11.3 Å². The number of hydrogen-bond acceptors (Lipinski definition) is 4. The fraction of sp³-hybridized carbons (Fsp3) is 0.0909. The average Bonchev–Trinajstić information content (AvgIpc) is 2.74. The Morgan fingerprint density at radius 2 is 2.00 bits per heavy atom. The van der Waals surface area contributed by atoms with Gasteiger partial charge in [0.05, 0.1) is 17.5 Å². The summed E-state index contributed by atoms with van der Waals surface area (Å²) < 4.78 is 39.3. The maximum absolute atomic E-state index is 13.2. The highest BCUT2D eigenvalue weighted by Crippen LogP contribution is 2.16. The number of aromatic nitrogens is 1. The van der Waals surface area contributed by atoms with Gasteiger partial charge in [-0.3, -0.25) is 5.43 Å². The van der Waals surface area contributed by atoms with Gasteiger partial charge in [-0.2, -0.15) is 5.10 Å². The van der Waals surface area contributed by atoms with Crippen LogP contribution in [0.15, 0.2) is 22.6 Å².